The molecule has 0 aromatic heterocycles. The Bertz CT molecular complexity index is 524. The summed E-state index contributed by atoms with van der Waals surface area (Å²) in [6.45, 7) is 0. The SMILES string of the molecule is C1CC2CCC2CC(C2CC3(CCCC4CCC4C3)CC3CCC3N2)C1. The maximum absolute atomic E-state index is 4.31. The van der Waals surface area contributed by atoms with Crippen molar-refractivity contribution in [3.05, 3.63) is 0 Å². The monoisotopic (exact) mass is 355 g/mol. The molecular formula is C25H41N. The number of hydrogen-bond acceptors (Lipinski definition) is 1. The van der Waals surface area contributed by atoms with Crippen molar-refractivity contribution in [2.75, 3.05) is 0 Å². The third kappa shape index (κ3) is 2.82. The molecule has 0 bridgehead atoms. The Morgan fingerprint density at radius 3 is 1.96 bits per heavy atom. The highest BCUT2D eigenvalue weighted by atomic mass is 15.0. The maximum atomic E-state index is 4.31. The van der Waals surface area contributed by atoms with Gasteiger partial charge in [0.25, 0.3) is 0 Å². The molecule has 9 unspecified atom stereocenters. The lowest BCUT2D eigenvalue weighted by atomic mass is 9.61. The van der Waals surface area contributed by atoms with Crippen molar-refractivity contribution < 1.29 is 0 Å². The number of nitrogens with one attached hydrogen (secondary N) is 1. The molecule has 1 spiro atoms. The zero-order chi connectivity index (χ0) is 17.1. The molecule has 1 nitrogen and oxygen atoms in total. The molecule has 9 atom stereocenters. The standard InChI is InChI=1S/C25H41N/c1-3-17-6-8-19(17)13-20(4-1)24-16-25(15-22-10-11-23(22)26-24)12-2-5-18-7-9-21(18)14-25/h17-24,26H,1-16H2. The van der Waals surface area contributed by atoms with E-state index in [-0.39, 0.29) is 0 Å². The Balaban J connectivity index is 1.24. The molecule has 1 N–H and O–H groups in total. The van der Waals surface area contributed by atoms with Gasteiger partial charge in [0.15, 0.2) is 0 Å². The van der Waals surface area contributed by atoms with Crippen molar-refractivity contribution in [2.45, 2.75) is 115 Å². The van der Waals surface area contributed by atoms with Gasteiger partial charge in [-0.25, -0.2) is 0 Å². The molecule has 1 saturated heterocycles. The molecule has 1 heteroatoms. The molecule has 0 amide bonds. The summed E-state index contributed by atoms with van der Waals surface area (Å²) in [6, 6.07) is 1.78. The van der Waals surface area contributed by atoms with E-state index in [9.17, 15) is 0 Å². The van der Waals surface area contributed by atoms with Crippen LogP contribution in [0.25, 0.3) is 0 Å². The van der Waals surface area contributed by atoms with Crippen molar-refractivity contribution in [2.24, 2.45) is 40.9 Å². The van der Waals surface area contributed by atoms with E-state index in [0.717, 1.165) is 53.0 Å². The minimum Gasteiger partial charge on any atom is -0.311 e. The lowest BCUT2D eigenvalue weighted by Crippen LogP contribution is -2.49. The van der Waals surface area contributed by atoms with Gasteiger partial charge in [-0.15, -0.1) is 0 Å². The van der Waals surface area contributed by atoms with Crippen LogP contribution in [-0.4, -0.2) is 12.1 Å². The van der Waals surface area contributed by atoms with E-state index in [1.54, 1.807) is 83.5 Å². The van der Waals surface area contributed by atoms with Crippen LogP contribution in [0.4, 0.5) is 0 Å². The smallest absolute Gasteiger partial charge is 0.0103 e. The molecule has 1 heterocycles. The van der Waals surface area contributed by atoms with E-state index in [2.05, 4.69) is 5.32 Å². The van der Waals surface area contributed by atoms with E-state index in [0.29, 0.717) is 0 Å². The minimum atomic E-state index is 0.739. The maximum Gasteiger partial charge on any atom is 0.0103 e. The molecule has 1 aliphatic heterocycles. The Kier molecular flexibility index (Phi) is 4.22. The summed E-state index contributed by atoms with van der Waals surface area (Å²) in [5, 5.41) is 4.31. The lowest BCUT2D eigenvalue weighted by molar-refractivity contribution is 0.0734. The van der Waals surface area contributed by atoms with Gasteiger partial charge in [-0.1, -0.05) is 25.7 Å². The first kappa shape index (κ1) is 16.9. The quantitative estimate of drug-likeness (QED) is 0.580. The first-order valence-corrected chi connectivity index (χ1v) is 12.5. The van der Waals surface area contributed by atoms with Gasteiger partial charge >= 0.3 is 0 Å². The fraction of sp³-hybridized carbons (Fsp3) is 1.00. The van der Waals surface area contributed by atoms with Gasteiger partial charge in [-0.2, -0.15) is 0 Å². The number of hydrogen-bond donors (Lipinski definition) is 1. The summed E-state index contributed by atoms with van der Waals surface area (Å²) in [5.74, 6) is 6.56. The third-order valence-corrected chi connectivity index (χ3v) is 10.6. The molecule has 0 radical (unpaired) electrons. The molecule has 26 heavy (non-hydrogen) atoms. The van der Waals surface area contributed by atoms with Gasteiger partial charge in [-0.05, 0) is 118 Å². The molecule has 6 rings (SSSR count). The van der Waals surface area contributed by atoms with Crippen LogP contribution in [0.2, 0.25) is 0 Å². The van der Waals surface area contributed by atoms with Crippen LogP contribution in [0.15, 0.2) is 0 Å². The summed E-state index contributed by atoms with van der Waals surface area (Å²) < 4.78 is 0. The van der Waals surface area contributed by atoms with Crippen LogP contribution in [0.1, 0.15) is 103 Å². The average Bonchev–Trinajstić information content (AvgIpc) is 2.86. The van der Waals surface area contributed by atoms with Gasteiger partial charge in [0.1, 0.15) is 0 Å². The molecule has 5 aliphatic carbocycles. The number of rotatable bonds is 1. The van der Waals surface area contributed by atoms with Crippen molar-refractivity contribution >= 4 is 0 Å². The zero-order valence-corrected chi connectivity index (χ0v) is 16.9. The Hall–Kier alpha value is -0.0400. The van der Waals surface area contributed by atoms with Crippen LogP contribution >= 0.6 is 0 Å². The fourth-order valence-electron chi connectivity index (χ4n) is 8.67. The second kappa shape index (κ2) is 6.50. The largest absolute Gasteiger partial charge is 0.311 e. The first-order chi connectivity index (χ1) is 12.8. The van der Waals surface area contributed by atoms with E-state index >= 15 is 0 Å². The van der Waals surface area contributed by atoms with Crippen LogP contribution < -0.4 is 5.32 Å². The van der Waals surface area contributed by atoms with Gasteiger partial charge in [0, 0.05) is 12.1 Å². The van der Waals surface area contributed by atoms with Crippen LogP contribution in [0.5, 0.6) is 0 Å². The fourth-order valence-corrected chi connectivity index (χ4v) is 8.67. The molecule has 6 aliphatic rings. The van der Waals surface area contributed by atoms with Crippen molar-refractivity contribution in [3.8, 4) is 0 Å². The summed E-state index contributed by atoms with van der Waals surface area (Å²) in [6.07, 6.45) is 25.0. The van der Waals surface area contributed by atoms with E-state index in [1.807, 2.05) is 0 Å². The third-order valence-electron chi connectivity index (χ3n) is 10.6. The highest BCUT2D eigenvalue weighted by Gasteiger charge is 2.50. The molecule has 5 saturated carbocycles. The Labute approximate surface area is 161 Å². The Morgan fingerprint density at radius 1 is 0.500 bits per heavy atom. The van der Waals surface area contributed by atoms with Crippen molar-refractivity contribution in [1.82, 2.24) is 5.32 Å². The van der Waals surface area contributed by atoms with Gasteiger partial charge in [0.05, 0.1) is 0 Å². The Morgan fingerprint density at radius 2 is 1.19 bits per heavy atom. The minimum absolute atomic E-state index is 0.739. The van der Waals surface area contributed by atoms with Gasteiger partial charge < -0.3 is 5.32 Å². The highest BCUT2D eigenvalue weighted by Crippen LogP contribution is 2.57. The molecule has 0 aromatic rings. The predicted molar refractivity (Wildman–Crippen MR) is 108 cm³/mol. The van der Waals surface area contributed by atoms with Gasteiger partial charge in [0.2, 0.25) is 0 Å². The van der Waals surface area contributed by atoms with E-state index < -0.39 is 0 Å². The highest BCUT2D eigenvalue weighted by molar-refractivity contribution is 5.04. The van der Waals surface area contributed by atoms with E-state index in [4.69, 9.17) is 0 Å². The first-order valence-electron chi connectivity index (χ1n) is 12.5. The predicted octanol–water partition coefficient (Wildman–Crippen LogP) is 6.32. The number of fused-ring (bicyclic) bond motifs is 3. The van der Waals surface area contributed by atoms with Crippen molar-refractivity contribution in [3.63, 3.8) is 0 Å². The normalized spacial score (nSPS) is 56.3. The van der Waals surface area contributed by atoms with Crippen LogP contribution in [-0.2, 0) is 0 Å². The summed E-state index contributed by atoms with van der Waals surface area (Å²) in [7, 11) is 0. The summed E-state index contributed by atoms with van der Waals surface area (Å²) in [5.41, 5.74) is 0.739. The van der Waals surface area contributed by atoms with Gasteiger partial charge in [-0.3, -0.25) is 0 Å². The second-order valence-electron chi connectivity index (χ2n) is 11.8. The average molecular weight is 356 g/mol. The second-order valence-corrected chi connectivity index (χ2v) is 11.8. The summed E-state index contributed by atoms with van der Waals surface area (Å²) >= 11 is 0. The molecule has 0 aromatic carbocycles. The van der Waals surface area contributed by atoms with Crippen molar-refractivity contribution in [1.29, 1.82) is 0 Å². The summed E-state index contributed by atoms with van der Waals surface area (Å²) in [4.78, 5) is 0. The van der Waals surface area contributed by atoms with Crippen LogP contribution in [0.3, 0.4) is 0 Å². The van der Waals surface area contributed by atoms with Crippen LogP contribution in [0, 0.1) is 40.9 Å². The zero-order valence-electron chi connectivity index (χ0n) is 16.9. The molecular weight excluding hydrogens is 314 g/mol. The van der Waals surface area contributed by atoms with E-state index in [1.165, 1.54) is 19.3 Å². The molecule has 146 valence electrons. The molecule has 6 fully saturated rings. The topological polar surface area (TPSA) is 12.0 Å². The lowest BCUT2D eigenvalue weighted by Gasteiger charge is -2.44.